The van der Waals surface area contributed by atoms with E-state index < -0.39 is 0 Å². The molecule has 1 saturated heterocycles. The fourth-order valence-electron chi connectivity index (χ4n) is 2.87. The summed E-state index contributed by atoms with van der Waals surface area (Å²) < 4.78 is 0. The fourth-order valence-corrected chi connectivity index (χ4v) is 2.87. The molecule has 1 heterocycles. The van der Waals surface area contributed by atoms with Crippen LogP contribution in [0.15, 0.2) is 0 Å². The van der Waals surface area contributed by atoms with E-state index >= 15 is 0 Å². The Bertz CT molecular complexity index is 275. The number of rotatable bonds is 0. The third kappa shape index (κ3) is 11.6. The van der Waals surface area contributed by atoms with Crippen LogP contribution in [0.2, 0.25) is 0 Å². The summed E-state index contributed by atoms with van der Waals surface area (Å²) in [5, 5.41) is 6.01. The molecule has 1 aliphatic rings. The number of carbonyl (C=O) groups is 2. The Labute approximate surface area is 135 Å². The number of carbonyl (C=O) groups excluding carboxylic acids is 2. The average molecular weight is 310 g/mol. The first-order valence-electron chi connectivity index (χ1n) is 9.32. The summed E-state index contributed by atoms with van der Waals surface area (Å²) in [6, 6.07) is 0. The van der Waals surface area contributed by atoms with E-state index in [1.54, 1.807) is 0 Å². The minimum Gasteiger partial charge on any atom is -0.356 e. The molecule has 1 rings (SSSR count). The molecule has 0 unspecified atom stereocenters. The van der Waals surface area contributed by atoms with Gasteiger partial charge >= 0.3 is 0 Å². The van der Waals surface area contributed by atoms with Crippen molar-refractivity contribution in [2.75, 3.05) is 13.1 Å². The van der Waals surface area contributed by atoms with Crippen LogP contribution in [-0.2, 0) is 9.59 Å². The van der Waals surface area contributed by atoms with Crippen molar-refractivity contribution < 1.29 is 9.59 Å². The number of hydrogen-bond donors (Lipinski definition) is 2. The lowest BCUT2D eigenvalue weighted by Gasteiger charge is -2.07. The van der Waals surface area contributed by atoms with Gasteiger partial charge in [-0.3, -0.25) is 9.59 Å². The second-order valence-corrected chi connectivity index (χ2v) is 6.44. The SMILES string of the molecule is O=C1CCCCCCCCCCC(=O)NCCCCCCN1. The van der Waals surface area contributed by atoms with Gasteiger partial charge in [0.15, 0.2) is 0 Å². The van der Waals surface area contributed by atoms with Gasteiger partial charge < -0.3 is 10.6 Å². The van der Waals surface area contributed by atoms with E-state index in [-0.39, 0.29) is 11.8 Å². The summed E-state index contributed by atoms with van der Waals surface area (Å²) in [5.74, 6) is 0.420. The molecule has 0 bridgehead atoms. The molecule has 0 saturated carbocycles. The number of amides is 2. The van der Waals surface area contributed by atoms with Crippen molar-refractivity contribution in [1.82, 2.24) is 10.6 Å². The van der Waals surface area contributed by atoms with E-state index in [4.69, 9.17) is 0 Å². The molecule has 0 atom stereocenters. The van der Waals surface area contributed by atoms with Crippen LogP contribution in [0.5, 0.6) is 0 Å². The van der Waals surface area contributed by atoms with Crippen LogP contribution in [-0.4, -0.2) is 24.9 Å². The normalized spacial score (nSPS) is 22.4. The van der Waals surface area contributed by atoms with Gasteiger partial charge in [-0.25, -0.2) is 0 Å². The largest absolute Gasteiger partial charge is 0.356 e. The summed E-state index contributed by atoms with van der Waals surface area (Å²) in [6.07, 6.45) is 15.0. The van der Waals surface area contributed by atoms with E-state index in [0.29, 0.717) is 12.8 Å². The summed E-state index contributed by atoms with van der Waals surface area (Å²) in [6.45, 7) is 1.59. The first kappa shape index (κ1) is 19.0. The van der Waals surface area contributed by atoms with E-state index in [0.717, 1.165) is 64.5 Å². The van der Waals surface area contributed by atoms with Gasteiger partial charge in [0.05, 0.1) is 0 Å². The van der Waals surface area contributed by atoms with Crippen molar-refractivity contribution >= 4 is 11.8 Å². The molecule has 0 radical (unpaired) electrons. The lowest BCUT2D eigenvalue weighted by atomic mass is 10.1. The fraction of sp³-hybridized carbons (Fsp3) is 0.889. The first-order chi connectivity index (χ1) is 10.8. The molecule has 22 heavy (non-hydrogen) atoms. The average Bonchev–Trinajstić information content (AvgIpc) is 2.50. The Morgan fingerprint density at radius 3 is 1.18 bits per heavy atom. The number of nitrogens with one attached hydrogen (secondary N) is 2. The molecule has 4 nitrogen and oxygen atoms in total. The molecule has 1 aliphatic heterocycles. The van der Waals surface area contributed by atoms with E-state index in [9.17, 15) is 9.59 Å². The van der Waals surface area contributed by atoms with Crippen LogP contribution in [0, 0.1) is 0 Å². The van der Waals surface area contributed by atoms with Gasteiger partial charge in [0, 0.05) is 25.9 Å². The van der Waals surface area contributed by atoms with Crippen molar-refractivity contribution in [3.63, 3.8) is 0 Å². The quantitative estimate of drug-likeness (QED) is 0.717. The summed E-state index contributed by atoms with van der Waals surface area (Å²) in [7, 11) is 0. The van der Waals surface area contributed by atoms with Gasteiger partial charge in [-0.15, -0.1) is 0 Å². The van der Waals surface area contributed by atoms with Crippen LogP contribution in [0.4, 0.5) is 0 Å². The lowest BCUT2D eigenvalue weighted by Crippen LogP contribution is -2.24. The third-order valence-electron chi connectivity index (χ3n) is 4.31. The Morgan fingerprint density at radius 1 is 0.455 bits per heavy atom. The van der Waals surface area contributed by atoms with Crippen molar-refractivity contribution in [2.45, 2.75) is 89.9 Å². The molecular weight excluding hydrogens is 276 g/mol. The van der Waals surface area contributed by atoms with Crippen LogP contribution >= 0.6 is 0 Å². The van der Waals surface area contributed by atoms with Gasteiger partial charge in [0.25, 0.3) is 0 Å². The Morgan fingerprint density at radius 2 is 0.773 bits per heavy atom. The molecule has 2 N–H and O–H groups in total. The van der Waals surface area contributed by atoms with Crippen LogP contribution in [0.3, 0.4) is 0 Å². The molecule has 0 aromatic rings. The second-order valence-electron chi connectivity index (χ2n) is 6.44. The highest BCUT2D eigenvalue weighted by atomic mass is 16.2. The minimum atomic E-state index is 0.210. The van der Waals surface area contributed by atoms with Crippen molar-refractivity contribution in [2.24, 2.45) is 0 Å². The standard InChI is InChI=1S/C18H34N2O2/c21-17-13-9-5-3-1-2-4-6-10-14-18(22)20-16-12-8-7-11-15-19-17/h1-16H2,(H,19,21)(H,20,22). The van der Waals surface area contributed by atoms with Crippen LogP contribution in [0.1, 0.15) is 89.9 Å². The zero-order chi connectivity index (χ0) is 15.9. The Hall–Kier alpha value is -1.06. The molecule has 128 valence electrons. The lowest BCUT2D eigenvalue weighted by molar-refractivity contribution is -0.122. The topological polar surface area (TPSA) is 58.2 Å². The zero-order valence-electron chi connectivity index (χ0n) is 14.1. The highest BCUT2D eigenvalue weighted by molar-refractivity contribution is 5.76. The predicted molar refractivity (Wildman–Crippen MR) is 90.7 cm³/mol. The molecule has 2 amide bonds. The molecule has 0 aromatic carbocycles. The van der Waals surface area contributed by atoms with Crippen LogP contribution < -0.4 is 10.6 Å². The predicted octanol–water partition coefficient (Wildman–Crippen LogP) is 3.69. The number of hydrogen-bond acceptors (Lipinski definition) is 2. The van der Waals surface area contributed by atoms with Gasteiger partial charge in [-0.2, -0.15) is 0 Å². The summed E-state index contributed by atoms with van der Waals surface area (Å²) in [4.78, 5) is 23.3. The maximum Gasteiger partial charge on any atom is 0.219 e. The molecule has 0 aromatic heterocycles. The highest BCUT2D eigenvalue weighted by Crippen LogP contribution is 2.11. The van der Waals surface area contributed by atoms with Gasteiger partial charge in [-0.1, -0.05) is 51.4 Å². The zero-order valence-corrected chi connectivity index (χ0v) is 14.1. The summed E-state index contributed by atoms with van der Waals surface area (Å²) in [5.41, 5.74) is 0. The monoisotopic (exact) mass is 310 g/mol. The minimum absolute atomic E-state index is 0.210. The van der Waals surface area contributed by atoms with Gasteiger partial charge in [0.1, 0.15) is 0 Å². The van der Waals surface area contributed by atoms with Crippen molar-refractivity contribution in [1.29, 1.82) is 0 Å². The first-order valence-corrected chi connectivity index (χ1v) is 9.32. The second kappa shape index (κ2) is 13.6. The Balaban J connectivity index is 2.17. The molecule has 4 heteroatoms. The maximum absolute atomic E-state index is 11.6. The van der Waals surface area contributed by atoms with Crippen molar-refractivity contribution in [3.05, 3.63) is 0 Å². The highest BCUT2D eigenvalue weighted by Gasteiger charge is 2.03. The van der Waals surface area contributed by atoms with E-state index in [1.165, 1.54) is 25.7 Å². The molecule has 1 fully saturated rings. The van der Waals surface area contributed by atoms with E-state index in [2.05, 4.69) is 10.6 Å². The molecular formula is C18H34N2O2. The smallest absolute Gasteiger partial charge is 0.219 e. The van der Waals surface area contributed by atoms with Crippen molar-refractivity contribution in [3.8, 4) is 0 Å². The van der Waals surface area contributed by atoms with Gasteiger partial charge in [0.2, 0.25) is 11.8 Å². The molecule has 0 aliphatic carbocycles. The Kier molecular flexibility index (Phi) is 11.7. The molecule has 0 spiro atoms. The van der Waals surface area contributed by atoms with Gasteiger partial charge in [-0.05, 0) is 25.7 Å². The van der Waals surface area contributed by atoms with E-state index in [1.807, 2.05) is 0 Å². The third-order valence-corrected chi connectivity index (χ3v) is 4.31. The van der Waals surface area contributed by atoms with Crippen LogP contribution in [0.25, 0.3) is 0 Å². The maximum atomic E-state index is 11.6. The summed E-state index contributed by atoms with van der Waals surface area (Å²) >= 11 is 0.